The molecule has 0 saturated carbocycles. The number of aromatic nitrogens is 2. The van der Waals surface area contributed by atoms with Gasteiger partial charge in [-0.15, -0.1) is 0 Å². The number of nitrogens with zero attached hydrogens (tertiary/aromatic N) is 5. The summed E-state index contributed by atoms with van der Waals surface area (Å²) in [6, 6.07) is 9.38. The van der Waals surface area contributed by atoms with Gasteiger partial charge in [0, 0.05) is 56.2 Å². The average Bonchev–Trinajstić information content (AvgIpc) is 2.77. The van der Waals surface area contributed by atoms with Gasteiger partial charge in [0.1, 0.15) is 5.02 Å². The van der Waals surface area contributed by atoms with Gasteiger partial charge in [0.05, 0.1) is 6.20 Å². The molecule has 1 aromatic heterocycles. The summed E-state index contributed by atoms with van der Waals surface area (Å²) < 4.78 is 0. The molecule has 0 radical (unpaired) electrons. The van der Waals surface area contributed by atoms with Gasteiger partial charge in [-0.1, -0.05) is 11.6 Å². The topological polar surface area (TPSA) is 59.6 Å². The molecule has 8 heteroatoms. The van der Waals surface area contributed by atoms with Gasteiger partial charge in [-0.05, 0) is 64.5 Å². The standard InChI is InChI=1S/C23H34ClN7/c1-17(2)31-10-4-5-19(16-31)26-22-21(24)15-25-23(28-22)27-18-6-8-20(9-7-18)30-13-11-29(3)12-14-30/h6-9,15,17,19H,4-5,10-14,16H2,1-3H3,(H2,25,26,27,28). The van der Waals surface area contributed by atoms with Crippen LogP contribution >= 0.6 is 11.6 Å². The quantitative estimate of drug-likeness (QED) is 0.701. The van der Waals surface area contributed by atoms with Crippen molar-refractivity contribution in [2.24, 2.45) is 0 Å². The maximum atomic E-state index is 6.40. The Bertz CT molecular complexity index is 850. The van der Waals surface area contributed by atoms with Crippen LogP contribution in [0.2, 0.25) is 5.02 Å². The van der Waals surface area contributed by atoms with E-state index < -0.39 is 0 Å². The van der Waals surface area contributed by atoms with Gasteiger partial charge in [0.15, 0.2) is 5.82 Å². The molecule has 2 saturated heterocycles. The van der Waals surface area contributed by atoms with Crippen molar-refractivity contribution in [2.45, 2.75) is 38.8 Å². The maximum absolute atomic E-state index is 6.40. The second-order valence-corrected chi connectivity index (χ2v) is 9.33. The third-order valence-electron chi connectivity index (χ3n) is 6.26. The molecule has 31 heavy (non-hydrogen) atoms. The summed E-state index contributed by atoms with van der Waals surface area (Å²) in [7, 11) is 2.17. The molecule has 4 rings (SSSR count). The lowest BCUT2D eigenvalue weighted by molar-refractivity contribution is 0.175. The van der Waals surface area contributed by atoms with Crippen LogP contribution in [0.3, 0.4) is 0 Å². The second-order valence-electron chi connectivity index (χ2n) is 8.92. The van der Waals surface area contributed by atoms with Crippen molar-refractivity contribution >= 4 is 34.7 Å². The molecule has 2 aliphatic rings. The summed E-state index contributed by atoms with van der Waals surface area (Å²) in [5.41, 5.74) is 2.22. The molecule has 0 bridgehead atoms. The Kier molecular flexibility index (Phi) is 7.15. The Morgan fingerprint density at radius 1 is 1.06 bits per heavy atom. The lowest BCUT2D eigenvalue weighted by Crippen LogP contribution is -2.45. The van der Waals surface area contributed by atoms with Crippen molar-refractivity contribution in [3.8, 4) is 0 Å². The van der Waals surface area contributed by atoms with Crippen LogP contribution in [0.1, 0.15) is 26.7 Å². The minimum atomic E-state index is 0.347. The average molecular weight is 444 g/mol. The first kappa shape index (κ1) is 22.1. The molecule has 168 valence electrons. The molecule has 2 fully saturated rings. The monoisotopic (exact) mass is 443 g/mol. The summed E-state index contributed by atoms with van der Waals surface area (Å²) in [5.74, 6) is 1.25. The Morgan fingerprint density at radius 3 is 2.52 bits per heavy atom. The summed E-state index contributed by atoms with van der Waals surface area (Å²) in [4.78, 5) is 16.3. The maximum Gasteiger partial charge on any atom is 0.229 e. The number of likely N-dealkylation sites (N-methyl/N-ethyl adjacent to an activating group) is 1. The molecule has 1 unspecified atom stereocenters. The molecule has 1 atom stereocenters. The van der Waals surface area contributed by atoms with E-state index in [1.165, 1.54) is 12.1 Å². The van der Waals surface area contributed by atoms with E-state index in [-0.39, 0.29) is 0 Å². The fourth-order valence-electron chi connectivity index (χ4n) is 4.26. The molecule has 7 nitrogen and oxygen atoms in total. The first-order chi connectivity index (χ1) is 15.0. The normalized spacial score (nSPS) is 20.8. The van der Waals surface area contributed by atoms with Gasteiger partial charge < -0.3 is 20.4 Å². The number of anilines is 4. The van der Waals surface area contributed by atoms with Crippen LogP contribution in [0, 0.1) is 0 Å². The summed E-state index contributed by atoms with van der Waals surface area (Å²) in [6.45, 7) is 11.0. The van der Waals surface area contributed by atoms with Gasteiger partial charge in [0.2, 0.25) is 5.95 Å². The lowest BCUT2D eigenvalue weighted by atomic mass is 10.0. The van der Waals surface area contributed by atoms with Crippen molar-refractivity contribution in [2.75, 3.05) is 61.8 Å². The highest BCUT2D eigenvalue weighted by Gasteiger charge is 2.22. The van der Waals surface area contributed by atoms with Gasteiger partial charge in [-0.3, -0.25) is 4.90 Å². The first-order valence-corrected chi connectivity index (χ1v) is 11.7. The highest BCUT2D eigenvalue weighted by molar-refractivity contribution is 6.32. The molecule has 3 heterocycles. The van der Waals surface area contributed by atoms with E-state index in [1.54, 1.807) is 6.20 Å². The van der Waals surface area contributed by atoms with Gasteiger partial charge >= 0.3 is 0 Å². The third kappa shape index (κ3) is 5.79. The number of hydrogen-bond acceptors (Lipinski definition) is 7. The number of rotatable bonds is 6. The number of likely N-dealkylation sites (tertiary alicyclic amines) is 1. The summed E-state index contributed by atoms with van der Waals surface area (Å²) in [5, 5.41) is 7.41. The Hall–Kier alpha value is -2.09. The van der Waals surface area contributed by atoms with Crippen LogP contribution in [0.25, 0.3) is 0 Å². The predicted molar refractivity (Wildman–Crippen MR) is 130 cm³/mol. The fraction of sp³-hybridized carbons (Fsp3) is 0.565. The first-order valence-electron chi connectivity index (χ1n) is 11.3. The zero-order valence-electron chi connectivity index (χ0n) is 18.8. The second kappa shape index (κ2) is 10.0. The zero-order chi connectivity index (χ0) is 21.8. The Morgan fingerprint density at radius 2 is 1.81 bits per heavy atom. The van der Waals surface area contributed by atoms with E-state index in [4.69, 9.17) is 11.6 Å². The lowest BCUT2D eigenvalue weighted by Gasteiger charge is -2.36. The van der Waals surface area contributed by atoms with Crippen molar-refractivity contribution in [1.29, 1.82) is 0 Å². The number of halogens is 1. The molecule has 0 spiro atoms. The molecule has 0 aliphatic carbocycles. The molecule has 2 N–H and O–H groups in total. The minimum Gasteiger partial charge on any atom is -0.369 e. The van der Waals surface area contributed by atoms with Crippen molar-refractivity contribution in [3.63, 3.8) is 0 Å². The summed E-state index contributed by atoms with van der Waals surface area (Å²) in [6.07, 6.45) is 3.98. The van der Waals surface area contributed by atoms with Crippen LogP contribution in [-0.2, 0) is 0 Å². The van der Waals surface area contributed by atoms with E-state index in [0.29, 0.717) is 28.9 Å². The minimum absolute atomic E-state index is 0.347. The van der Waals surface area contributed by atoms with Crippen LogP contribution < -0.4 is 15.5 Å². The van der Waals surface area contributed by atoms with Gasteiger partial charge in [-0.2, -0.15) is 4.98 Å². The van der Waals surface area contributed by atoms with E-state index >= 15 is 0 Å². The van der Waals surface area contributed by atoms with E-state index in [1.807, 2.05) is 0 Å². The van der Waals surface area contributed by atoms with E-state index in [0.717, 1.165) is 51.4 Å². The SMILES string of the molecule is CC(C)N1CCCC(Nc2nc(Nc3ccc(N4CCN(C)CC4)cc3)ncc2Cl)C1. The fourth-order valence-corrected chi connectivity index (χ4v) is 4.41. The zero-order valence-corrected chi connectivity index (χ0v) is 19.6. The van der Waals surface area contributed by atoms with Gasteiger partial charge in [-0.25, -0.2) is 4.98 Å². The van der Waals surface area contributed by atoms with Crippen LogP contribution in [0.15, 0.2) is 30.5 Å². The van der Waals surface area contributed by atoms with Crippen LogP contribution in [-0.4, -0.2) is 78.2 Å². The molecular formula is C23H34ClN7. The number of piperidine rings is 1. The largest absolute Gasteiger partial charge is 0.369 e. The number of nitrogens with one attached hydrogen (secondary N) is 2. The molecular weight excluding hydrogens is 410 g/mol. The number of benzene rings is 1. The molecule has 1 aromatic carbocycles. The highest BCUT2D eigenvalue weighted by Crippen LogP contribution is 2.25. The van der Waals surface area contributed by atoms with Gasteiger partial charge in [0.25, 0.3) is 0 Å². The highest BCUT2D eigenvalue weighted by atomic mass is 35.5. The molecule has 2 aromatic rings. The Labute approximate surface area is 190 Å². The molecule has 0 amide bonds. The summed E-state index contributed by atoms with van der Waals surface area (Å²) >= 11 is 6.40. The predicted octanol–water partition coefficient (Wildman–Crippen LogP) is 3.91. The third-order valence-corrected chi connectivity index (χ3v) is 6.54. The van der Waals surface area contributed by atoms with Crippen molar-refractivity contribution in [1.82, 2.24) is 19.8 Å². The van der Waals surface area contributed by atoms with E-state index in [9.17, 15) is 0 Å². The van der Waals surface area contributed by atoms with Crippen LogP contribution in [0.5, 0.6) is 0 Å². The molecule has 2 aliphatic heterocycles. The van der Waals surface area contributed by atoms with Crippen molar-refractivity contribution in [3.05, 3.63) is 35.5 Å². The number of piperazine rings is 1. The van der Waals surface area contributed by atoms with Crippen molar-refractivity contribution < 1.29 is 0 Å². The Balaban J connectivity index is 1.39. The number of hydrogen-bond donors (Lipinski definition) is 2. The van der Waals surface area contributed by atoms with E-state index in [2.05, 4.69) is 80.5 Å². The van der Waals surface area contributed by atoms with Crippen LogP contribution in [0.4, 0.5) is 23.1 Å². The smallest absolute Gasteiger partial charge is 0.229 e.